The van der Waals surface area contributed by atoms with E-state index in [1.807, 2.05) is 10.7 Å². The second-order valence-electron chi connectivity index (χ2n) is 7.97. The Hall–Kier alpha value is -1.92. The van der Waals surface area contributed by atoms with Crippen molar-refractivity contribution in [2.24, 2.45) is 5.92 Å². The van der Waals surface area contributed by atoms with E-state index in [1.54, 1.807) is 0 Å². The summed E-state index contributed by atoms with van der Waals surface area (Å²) in [5, 5.41) is 15.0. The molecule has 1 aromatic heterocycles. The summed E-state index contributed by atoms with van der Waals surface area (Å²) in [4.78, 5) is 14.2. The molecule has 5 heterocycles. The second kappa shape index (κ2) is 6.35. The van der Waals surface area contributed by atoms with E-state index in [2.05, 4.69) is 22.1 Å². The van der Waals surface area contributed by atoms with E-state index in [1.165, 1.54) is 31.5 Å². The number of fused-ring (bicyclic) bond motifs is 4. The summed E-state index contributed by atoms with van der Waals surface area (Å²) in [5.74, 6) is 0.168. The van der Waals surface area contributed by atoms with Crippen molar-refractivity contribution in [1.82, 2.24) is 14.7 Å². The molecule has 1 unspecified atom stereocenters. The number of hydrogen-bond donors (Lipinski definition) is 1. The van der Waals surface area contributed by atoms with Gasteiger partial charge in [-0.25, -0.2) is 4.79 Å². The molecule has 0 saturated carbocycles. The van der Waals surface area contributed by atoms with Crippen LogP contribution in [0.1, 0.15) is 53.7 Å². The van der Waals surface area contributed by atoms with Crippen LogP contribution in [0.4, 0.5) is 0 Å². The van der Waals surface area contributed by atoms with Crippen LogP contribution in [0.3, 0.4) is 0 Å². The average molecular weight is 355 g/mol. The van der Waals surface area contributed by atoms with Crippen LogP contribution in [0.2, 0.25) is 0 Å². The fraction of sp³-hybridized carbons (Fsp3) is 0.600. The van der Waals surface area contributed by atoms with Crippen LogP contribution in [-0.2, 0) is 4.74 Å². The Balaban J connectivity index is 1.60. The molecule has 0 aliphatic carbocycles. The van der Waals surface area contributed by atoms with Gasteiger partial charge in [0, 0.05) is 25.1 Å². The Labute approximate surface area is 152 Å². The van der Waals surface area contributed by atoms with Crippen molar-refractivity contribution in [3.63, 3.8) is 0 Å². The Kier molecular flexibility index (Phi) is 3.98. The Bertz CT molecular complexity index is 832. The van der Waals surface area contributed by atoms with Gasteiger partial charge >= 0.3 is 5.97 Å². The molecule has 4 fully saturated rings. The standard InChI is InChI=1S/C20H25N3O3/c24-20(25)19-16-2-1-15(13-5-9-26-10-6-13)11-17(16)23(21-19)18-12-22-7-3-14(18)4-8-22/h1-2,11,13-14,18H,3-10,12H2,(H,24,25). The van der Waals surface area contributed by atoms with Gasteiger partial charge in [-0.3, -0.25) is 4.68 Å². The summed E-state index contributed by atoms with van der Waals surface area (Å²) >= 11 is 0. The molecule has 0 amide bonds. The highest BCUT2D eigenvalue weighted by Crippen LogP contribution is 2.38. The van der Waals surface area contributed by atoms with Gasteiger partial charge in [0.15, 0.2) is 5.69 Å². The van der Waals surface area contributed by atoms with E-state index in [4.69, 9.17) is 4.74 Å². The molecule has 2 aromatic rings. The van der Waals surface area contributed by atoms with Gasteiger partial charge < -0.3 is 14.7 Å². The van der Waals surface area contributed by atoms with E-state index >= 15 is 0 Å². The molecule has 2 bridgehead atoms. The minimum Gasteiger partial charge on any atom is -0.476 e. The summed E-state index contributed by atoms with van der Waals surface area (Å²) in [6.07, 6.45) is 4.44. The van der Waals surface area contributed by atoms with Gasteiger partial charge in [0.1, 0.15) is 0 Å². The maximum Gasteiger partial charge on any atom is 0.357 e. The van der Waals surface area contributed by atoms with Crippen molar-refractivity contribution in [3.05, 3.63) is 29.5 Å². The molecule has 6 rings (SSSR count). The average Bonchev–Trinajstić information content (AvgIpc) is 3.08. The zero-order chi connectivity index (χ0) is 17.7. The number of piperidine rings is 3. The number of benzene rings is 1. The van der Waals surface area contributed by atoms with E-state index < -0.39 is 5.97 Å². The first kappa shape index (κ1) is 16.3. The molecule has 0 spiro atoms. The molecule has 1 N–H and O–H groups in total. The van der Waals surface area contributed by atoms with Gasteiger partial charge in [-0.15, -0.1) is 0 Å². The third kappa shape index (κ3) is 2.63. The van der Waals surface area contributed by atoms with Gasteiger partial charge in [-0.2, -0.15) is 5.10 Å². The monoisotopic (exact) mass is 355 g/mol. The van der Waals surface area contributed by atoms with E-state index in [9.17, 15) is 9.90 Å². The summed E-state index contributed by atoms with van der Waals surface area (Å²) in [7, 11) is 0. The van der Waals surface area contributed by atoms with Crippen LogP contribution in [0.15, 0.2) is 18.2 Å². The number of carboxylic acids is 1. The zero-order valence-electron chi connectivity index (χ0n) is 14.9. The number of carboxylic acid groups (broad SMARTS) is 1. The summed E-state index contributed by atoms with van der Waals surface area (Å²) in [6, 6.07) is 6.54. The summed E-state index contributed by atoms with van der Waals surface area (Å²) in [5.41, 5.74) is 2.47. The van der Waals surface area contributed by atoms with Gasteiger partial charge in [0.2, 0.25) is 0 Å². The lowest BCUT2D eigenvalue weighted by atomic mass is 9.84. The summed E-state index contributed by atoms with van der Waals surface area (Å²) < 4.78 is 7.54. The van der Waals surface area contributed by atoms with E-state index in [0.717, 1.165) is 43.5 Å². The summed E-state index contributed by atoms with van der Waals surface area (Å²) in [6.45, 7) is 4.94. The zero-order valence-corrected chi connectivity index (χ0v) is 14.9. The predicted octanol–water partition coefficient (Wildman–Crippen LogP) is 2.90. The number of carbonyl (C=O) groups is 1. The Morgan fingerprint density at radius 2 is 1.92 bits per heavy atom. The SMILES string of the molecule is O=C(O)c1nn(C2CN3CCC2CC3)c2cc(C3CCOCC3)ccc12. The van der Waals surface area contributed by atoms with E-state index in [-0.39, 0.29) is 11.7 Å². The normalized spacial score (nSPS) is 29.3. The highest BCUT2D eigenvalue weighted by molar-refractivity contribution is 6.01. The van der Waals surface area contributed by atoms with Gasteiger partial charge in [0.05, 0.1) is 11.6 Å². The maximum atomic E-state index is 11.8. The van der Waals surface area contributed by atoms with Crippen molar-refractivity contribution < 1.29 is 14.6 Å². The first-order valence-corrected chi connectivity index (χ1v) is 9.76. The van der Waals surface area contributed by atoms with Crippen molar-refractivity contribution in [1.29, 1.82) is 0 Å². The fourth-order valence-corrected chi connectivity index (χ4v) is 5.06. The first-order chi connectivity index (χ1) is 12.7. The molecule has 4 aliphatic rings. The molecule has 138 valence electrons. The van der Waals surface area contributed by atoms with Crippen LogP contribution >= 0.6 is 0 Å². The van der Waals surface area contributed by atoms with Crippen LogP contribution in [0, 0.1) is 5.92 Å². The fourth-order valence-electron chi connectivity index (χ4n) is 5.06. The smallest absolute Gasteiger partial charge is 0.357 e. The van der Waals surface area contributed by atoms with Crippen molar-refractivity contribution in [2.75, 3.05) is 32.8 Å². The largest absolute Gasteiger partial charge is 0.476 e. The number of aromatic nitrogens is 2. The lowest BCUT2D eigenvalue weighted by molar-refractivity contribution is 0.0523. The van der Waals surface area contributed by atoms with Crippen LogP contribution in [0.25, 0.3) is 10.9 Å². The molecule has 0 radical (unpaired) electrons. The minimum atomic E-state index is -0.936. The molecular weight excluding hydrogens is 330 g/mol. The molecule has 6 nitrogen and oxygen atoms in total. The van der Waals surface area contributed by atoms with Crippen molar-refractivity contribution in [3.8, 4) is 0 Å². The lowest BCUT2D eigenvalue weighted by Crippen LogP contribution is -2.48. The third-order valence-electron chi connectivity index (χ3n) is 6.56. The minimum absolute atomic E-state index is 0.190. The molecule has 4 saturated heterocycles. The number of hydrogen-bond acceptors (Lipinski definition) is 4. The van der Waals surface area contributed by atoms with E-state index in [0.29, 0.717) is 11.8 Å². The second-order valence-corrected chi connectivity index (χ2v) is 7.97. The van der Waals surface area contributed by atoms with Gasteiger partial charge in [-0.1, -0.05) is 12.1 Å². The first-order valence-electron chi connectivity index (χ1n) is 9.76. The molecular formula is C20H25N3O3. The lowest BCUT2D eigenvalue weighted by Gasteiger charge is -2.44. The number of ether oxygens (including phenoxy) is 1. The molecule has 4 aliphatic heterocycles. The Morgan fingerprint density at radius 1 is 1.15 bits per heavy atom. The Morgan fingerprint density at radius 3 is 2.58 bits per heavy atom. The molecule has 1 atom stereocenters. The molecule has 1 aromatic carbocycles. The number of nitrogens with zero attached hydrogens (tertiary/aromatic N) is 3. The molecule has 6 heteroatoms. The third-order valence-corrected chi connectivity index (χ3v) is 6.56. The highest BCUT2D eigenvalue weighted by Gasteiger charge is 2.37. The molecule has 26 heavy (non-hydrogen) atoms. The van der Waals surface area contributed by atoms with Crippen molar-refractivity contribution >= 4 is 16.9 Å². The topological polar surface area (TPSA) is 67.6 Å². The van der Waals surface area contributed by atoms with Crippen LogP contribution in [0.5, 0.6) is 0 Å². The number of rotatable bonds is 3. The number of aromatic carboxylic acids is 1. The van der Waals surface area contributed by atoms with Crippen LogP contribution in [-0.4, -0.2) is 58.6 Å². The van der Waals surface area contributed by atoms with Gasteiger partial charge in [0.25, 0.3) is 0 Å². The van der Waals surface area contributed by atoms with Gasteiger partial charge in [-0.05, 0) is 62.2 Å². The predicted molar refractivity (Wildman–Crippen MR) is 97.7 cm³/mol. The quantitative estimate of drug-likeness (QED) is 0.917. The maximum absolute atomic E-state index is 11.8. The van der Waals surface area contributed by atoms with Crippen molar-refractivity contribution in [2.45, 2.75) is 37.6 Å². The van der Waals surface area contributed by atoms with Crippen LogP contribution < -0.4 is 0 Å². The highest BCUT2D eigenvalue weighted by atomic mass is 16.5.